The van der Waals surface area contributed by atoms with Crippen LogP contribution in [0.15, 0.2) is 76.8 Å². The smallest absolute Gasteiger partial charge is 0.0863 e. The molecule has 31 heavy (non-hydrogen) atoms. The van der Waals surface area contributed by atoms with E-state index < -0.39 is 0 Å². The Bertz CT molecular complexity index is 931. The van der Waals surface area contributed by atoms with E-state index in [2.05, 4.69) is 86.3 Å². The highest BCUT2D eigenvalue weighted by Crippen LogP contribution is 2.33. The third kappa shape index (κ3) is 6.63. The minimum atomic E-state index is 0.0368. The fourth-order valence-electron chi connectivity index (χ4n) is 3.49. The van der Waals surface area contributed by atoms with Crippen LogP contribution in [0.2, 0.25) is 5.02 Å². The number of likely N-dealkylation sites (N-methyl/N-ethyl adjacent to an activating group) is 1. The van der Waals surface area contributed by atoms with Crippen molar-refractivity contribution < 1.29 is 4.74 Å². The van der Waals surface area contributed by atoms with Gasteiger partial charge >= 0.3 is 0 Å². The third-order valence-electron chi connectivity index (χ3n) is 5.55. The molecule has 1 unspecified atom stereocenters. The molecule has 0 radical (unpaired) electrons. The van der Waals surface area contributed by atoms with Gasteiger partial charge in [0.2, 0.25) is 0 Å². The van der Waals surface area contributed by atoms with Crippen LogP contribution in [0.1, 0.15) is 37.8 Å². The first-order valence-corrected chi connectivity index (χ1v) is 11.9. The first-order valence-electron chi connectivity index (χ1n) is 10.7. The molecule has 0 fully saturated rings. The van der Waals surface area contributed by atoms with Crippen LogP contribution in [0.4, 0.5) is 0 Å². The van der Waals surface area contributed by atoms with Crippen LogP contribution in [0.3, 0.4) is 0 Å². The van der Waals surface area contributed by atoms with Gasteiger partial charge in [-0.3, -0.25) is 4.72 Å². The molecule has 1 heterocycles. The summed E-state index contributed by atoms with van der Waals surface area (Å²) < 4.78 is 9.74. The zero-order chi connectivity index (χ0) is 22.4. The fraction of sp³-hybridized carbons (Fsp3) is 0.385. The highest BCUT2D eigenvalue weighted by Gasteiger charge is 2.27. The third-order valence-corrected chi connectivity index (χ3v) is 6.85. The Morgan fingerprint density at radius 1 is 1.10 bits per heavy atom. The van der Waals surface area contributed by atoms with Gasteiger partial charge in [-0.2, -0.15) is 0 Å². The van der Waals surface area contributed by atoms with Crippen LogP contribution < -0.4 is 10.0 Å². The maximum atomic E-state index is 6.15. The van der Waals surface area contributed by atoms with E-state index >= 15 is 0 Å². The molecule has 166 valence electrons. The van der Waals surface area contributed by atoms with Gasteiger partial charge in [0, 0.05) is 34.6 Å². The molecule has 0 spiro atoms. The molecule has 0 saturated heterocycles. The summed E-state index contributed by atoms with van der Waals surface area (Å²) in [5.74, 6) is 0.136. The molecule has 0 aromatic heterocycles. The summed E-state index contributed by atoms with van der Waals surface area (Å²) in [6, 6.07) is 16.8. The van der Waals surface area contributed by atoms with Gasteiger partial charge in [0.05, 0.1) is 13.2 Å². The molecule has 3 rings (SSSR count). The van der Waals surface area contributed by atoms with E-state index in [0.29, 0.717) is 13.2 Å². The number of ether oxygens (including phenoxy) is 1. The lowest BCUT2D eigenvalue weighted by atomic mass is 9.83. The normalized spacial score (nSPS) is 19.6. The molecule has 2 N–H and O–H groups in total. The lowest BCUT2D eigenvalue weighted by Gasteiger charge is -2.31. The SMILES string of the molecule is CNC1=C[C@H](c2ccc(Cl)cc2)/C(=C\C(NSc2ccccc2C)C(C)(C)C)COC1. The Morgan fingerprint density at radius 3 is 2.45 bits per heavy atom. The van der Waals surface area contributed by atoms with Crippen molar-refractivity contribution in [2.75, 3.05) is 20.3 Å². The molecule has 5 heteroatoms. The van der Waals surface area contributed by atoms with Gasteiger partial charge in [0.15, 0.2) is 0 Å². The summed E-state index contributed by atoms with van der Waals surface area (Å²) in [6.07, 6.45) is 4.63. The molecule has 0 saturated carbocycles. The quantitative estimate of drug-likeness (QED) is 0.383. The van der Waals surface area contributed by atoms with E-state index in [1.165, 1.54) is 21.6 Å². The number of benzene rings is 2. The largest absolute Gasteiger partial charge is 0.390 e. The Labute approximate surface area is 196 Å². The van der Waals surface area contributed by atoms with Gasteiger partial charge in [0.25, 0.3) is 0 Å². The van der Waals surface area contributed by atoms with Crippen molar-refractivity contribution in [2.24, 2.45) is 5.41 Å². The number of halogens is 1. The van der Waals surface area contributed by atoms with Gasteiger partial charge in [-0.1, -0.05) is 74.9 Å². The predicted octanol–water partition coefficient (Wildman–Crippen LogP) is 6.50. The van der Waals surface area contributed by atoms with E-state index in [1.807, 2.05) is 19.2 Å². The molecule has 0 amide bonds. The summed E-state index contributed by atoms with van der Waals surface area (Å²) in [4.78, 5) is 1.25. The fourth-order valence-corrected chi connectivity index (χ4v) is 4.66. The maximum Gasteiger partial charge on any atom is 0.0863 e. The van der Waals surface area contributed by atoms with Crippen molar-refractivity contribution in [3.63, 3.8) is 0 Å². The Kier molecular flexibility index (Phi) is 8.29. The van der Waals surface area contributed by atoms with Crippen molar-refractivity contribution in [1.29, 1.82) is 0 Å². The van der Waals surface area contributed by atoms with Crippen LogP contribution in [0.25, 0.3) is 0 Å². The zero-order valence-electron chi connectivity index (χ0n) is 19.0. The lowest BCUT2D eigenvalue weighted by Crippen LogP contribution is -2.35. The Balaban J connectivity index is 1.94. The van der Waals surface area contributed by atoms with Gasteiger partial charge in [-0.25, -0.2) is 0 Å². The number of rotatable bonds is 6. The van der Waals surface area contributed by atoms with Crippen molar-refractivity contribution in [3.8, 4) is 0 Å². The summed E-state index contributed by atoms with van der Waals surface area (Å²) in [7, 11) is 1.95. The average Bonchev–Trinajstić information content (AvgIpc) is 2.94. The number of hydrogen-bond acceptors (Lipinski definition) is 4. The molecule has 0 bridgehead atoms. The standard InChI is InChI=1S/C26H33ClN2OS/c1-18-8-6-7-9-24(18)31-29-25(26(2,3)4)14-20-16-30-17-22(28-5)15-23(20)19-10-12-21(27)13-11-19/h6-15,23,25,28-29H,16-17H2,1-5H3/b20-14-/t23-,25?/m1/s1. The average molecular weight is 457 g/mol. The maximum absolute atomic E-state index is 6.15. The second kappa shape index (κ2) is 10.7. The molecule has 2 aromatic rings. The summed E-state index contributed by atoms with van der Waals surface area (Å²) in [5, 5.41) is 4.03. The number of allylic oxidation sites excluding steroid dienone is 1. The van der Waals surface area contributed by atoms with Crippen LogP contribution in [-0.2, 0) is 4.74 Å². The molecular formula is C26H33ClN2OS. The summed E-state index contributed by atoms with van der Waals surface area (Å²) in [6.45, 7) is 10.1. The van der Waals surface area contributed by atoms with Gasteiger partial charge in [-0.05, 0) is 59.2 Å². The molecule has 1 aliphatic rings. The van der Waals surface area contributed by atoms with Crippen LogP contribution in [0, 0.1) is 12.3 Å². The molecule has 1 aliphatic heterocycles. The Hall–Kier alpha value is -1.72. The van der Waals surface area contributed by atoms with Crippen LogP contribution in [-0.4, -0.2) is 26.3 Å². The minimum Gasteiger partial charge on any atom is -0.390 e. The van der Waals surface area contributed by atoms with Crippen molar-refractivity contribution in [3.05, 3.63) is 88.1 Å². The van der Waals surface area contributed by atoms with Crippen molar-refractivity contribution in [1.82, 2.24) is 10.0 Å². The van der Waals surface area contributed by atoms with Crippen LogP contribution >= 0.6 is 23.5 Å². The van der Waals surface area contributed by atoms with Gasteiger partial charge < -0.3 is 10.1 Å². The summed E-state index contributed by atoms with van der Waals surface area (Å²) >= 11 is 7.85. The highest BCUT2D eigenvalue weighted by atomic mass is 35.5. The van der Waals surface area contributed by atoms with Crippen LogP contribution in [0.5, 0.6) is 0 Å². The van der Waals surface area contributed by atoms with Gasteiger partial charge in [0.1, 0.15) is 0 Å². The predicted molar refractivity (Wildman–Crippen MR) is 134 cm³/mol. The van der Waals surface area contributed by atoms with E-state index in [1.54, 1.807) is 11.9 Å². The second-order valence-electron chi connectivity index (χ2n) is 9.03. The highest BCUT2D eigenvalue weighted by molar-refractivity contribution is 7.97. The second-order valence-corrected chi connectivity index (χ2v) is 10.4. The van der Waals surface area contributed by atoms with E-state index in [0.717, 1.165) is 10.7 Å². The van der Waals surface area contributed by atoms with Gasteiger partial charge in [-0.15, -0.1) is 0 Å². The number of nitrogens with one attached hydrogen (secondary N) is 2. The van der Waals surface area contributed by atoms with E-state index in [9.17, 15) is 0 Å². The zero-order valence-corrected chi connectivity index (χ0v) is 20.6. The first kappa shape index (κ1) is 23.9. The first-order chi connectivity index (χ1) is 14.8. The van der Waals surface area contributed by atoms with Crippen molar-refractivity contribution in [2.45, 2.75) is 44.6 Å². The molecule has 2 aromatic carbocycles. The number of hydrogen-bond donors (Lipinski definition) is 2. The van der Waals surface area contributed by atoms with E-state index in [-0.39, 0.29) is 17.4 Å². The molecule has 2 atom stereocenters. The topological polar surface area (TPSA) is 33.3 Å². The monoisotopic (exact) mass is 456 g/mol. The minimum absolute atomic E-state index is 0.0368. The molecule has 3 nitrogen and oxygen atoms in total. The molecule has 0 aliphatic carbocycles. The Morgan fingerprint density at radius 2 is 1.81 bits per heavy atom. The van der Waals surface area contributed by atoms with E-state index in [4.69, 9.17) is 16.3 Å². The van der Waals surface area contributed by atoms with Crippen molar-refractivity contribution >= 4 is 23.5 Å². The molecular weight excluding hydrogens is 424 g/mol. The number of aryl methyl sites for hydroxylation is 1. The summed E-state index contributed by atoms with van der Waals surface area (Å²) in [5.41, 5.74) is 4.88. The lowest BCUT2D eigenvalue weighted by molar-refractivity contribution is 0.177.